The number of esters is 2. The van der Waals surface area contributed by atoms with Crippen LogP contribution in [-0.4, -0.2) is 99.2 Å². The summed E-state index contributed by atoms with van der Waals surface area (Å²) in [5.74, 6) is -0.489. The lowest BCUT2D eigenvalue weighted by Gasteiger charge is -2.35. The molecule has 0 amide bonds. The monoisotopic (exact) mass is 601 g/mol. The van der Waals surface area contributed by atoms with E-state index in [0.29, 0.717) is 28.7 Å². The smallest absolute Gasteiger partial charge is 0.362 e. The van der Waals surface area contributed by atoms with Crippen molar-refractivity contribution < 1.29 is 32.8 Å². The molecule has 42 heavy (non-hydrogen) atoms. The lowest BCUT2D eigenvalue weighted by Crippen LogP contribution is -2.52. The van der Waals surface area contributed by atoms with Crippen LogP contribution in [0.2, 0.25) is 0 Å². The third-order valence-corrected chi connectivity index (χ3v) is 9.63. The van der Waals surface area contributed by atoms with Crippen LogP contribution >= 0.6 is 0 Å². The Morgan fingerprint density at radius 1 is 0.500 bits per heavy atom. The van der Waals surface area contributed by atoms with Crippen LogP contribution in [0.15, 0.2) is 0 Å². The summed E-state index contributed by atoms with van der Waals surface area (Å²) in [6.07, 6.45) is 18.0. The predicted octanol–water partition coefficient (Wildman–Crippen LogP) is 7.69. The summed E-state index contributed by atoms with van der Waals surface area (Å²) in [5.41, 5.74) is 0. The third kappa shape index (κ3) is 19.2. The van der Waals surface area contributed by atoms with Crippen molar-refractivity contribution in [1.29, 1.82) is 0 Å². The fraction of sp³-hybridized carbons (Fsp3) is 0.943. The van der Waals surface area contributed by atoms with Crippen molar-refractivity contribution in [2.24, 2.45) is 0 Å². The van der Waals surface area contributed by atoms with Crippen molar-refractivity contribution >= 4 is 11.9 Å². The molecule has 0 aliphatic carbocycles. The van der Waals surface area contributed by atoms with E-state index >= 15 is 0 Å². The molecule has 0 heterocycles. The minimum Gasteiger partial charge on any atom is -0.457 e. The first-order chi connectivity index (χ1) is 20.3. The highest BCUT2D eigenvalue weighted by Crippen LogP contribution is 2.14. The van der Waals surface area contributed by atoms with E-state index in [0.717, 1.165) is 52.1 Å². The standard InChI is InChI=1S/C35H72N2O5/c1-8-15-16-17-18-19-20-21-22-23-24-25-26-27-28-40-31-33(42-35(39)30-37(12-5,13-6)14-7)32-41-34(38)29-36(9-2,10-3)11-4/h33H,8-32H2,1-7H3/q+2. The van der Waals surface area contributed by atoms with E-state index in [-0.39, 0.29) is 25.2 Å². The Morgan fingerprint density at radius 3 is 1.29 bits per heavy atom. The molecule has 0 aliphatic heterocycles. The van der Waals surface area contributed by atoms with Gasteiger partial charge in [-0.25, -0.2) is 9.59 Å². The molecule has 0 aromatic rings. The number of carbonyl (C=O) groups excluding carboxylic acids is 2. The number of quaternary nitrogens is 2. The van der Waals surface area contributed by atoms with Crippen LogP contribution in [0.1, 0.15) is 138 Å². The molecule has 1 atom stereocenters. The third-order valence-electron chi connectivity index (χ3n) is 9.63. The Bertz CT molecular complexity index is 633. The summed E-state index contributed by atoms with van der Waals surface area (Å²) in [5, 5.41) is 0. The van der Waals surface area contributed by atoms with Gasteiger partial charge in [0.2, 0.25) is 0 Å². The van der Waals surface area contributed by atoms with E-state index in [2.05, 4.69) is 48.5 Å². The van der Waals surface area contributed by atoms with Gasteiger partial charge in [0.25, 0.3) is 0 Å². The molecule has 0 aromatic heterocycles. The average Bonchev–Trinajstić information content (AvgIpc) is 3.01. The SMILES string of the molecule is CCCCCCCCCCCCCCCCOCC(COC(=O)C[N+](CC)(CC)CC)OC(=O)C[N+](CC)(CC)CC. The molecule has 0 rings (SSSR count). The van der Waals surface area contributed by atoms with Crippen molar-refractivity contribution in [1.82, 2.24) is 0 Å². The summed E-state index contributed by atoms with van der Waals surface area (Å²) in [6.45, 7) is 21.8. The van der Waals surface area contributed by atoms with E-state index in [1.54, 1.807) is 0 Å². The van der Waals surface area contributed by atoms with E-state index in [1.165, 1.54) is 77.0 Å². The van der Waals surface area contributed by atoms with Crippen LogP contribution in [0.25, 0.3) is 0 Å². The Balaban J connectivity index is 4.45. The van der Waals surface area contributed by atoms with Crippen LogP contribution in [0.3, 0.4) is 0 Å². The van der Waals surface area contributed by atoms with Gasteiger partial charge in [-0.3, -0.25) is 0 Å². The van der Waals surface area contributed by atoms with Gasteiger partial charge in [0.05, 0.1) is 45.9 Å². The molecule has 0 saturated heterocycles. The second-order valence-electron chi connectivity index (χ2n) is 12.4. The number of rotatable bonds is 30. The number of carbonyl (C=O) groups is 2. The second-order valence-corrected chi connectivity index (χ2v) is 12.4. The number of nitrogens with zero attached hydrogens (tertiary/aromatic N) is 2. The summed E-state index contributed by atoms with van der Waals surface area (Å²) in [6, 6.07) is 0. The molecule has 7 nitrogen and oxygen atoms in total. The Kier molecular flexibility index (Phi) is 25.5. The summed E-state index contributed by atoms with van der Waals surface area (Å²) in [7, 11) is 0. The first-order valence-electron chi connectivity index (χ1n) is 17.9. The van der Waals surface area contributed by atoms with Crippen LogP contribution < -0.4 is 0 Å². The molecule has 250 valence electrons. The maximum Gasteiger partial charge on any atom is 0.362 e. The zero-order chi connectivity index (χ0) is 31.5. The van der Waals surface area contributed by atoms with Gasteiger partial charge in [0, 0.05) is 6.61 Å². The Hall–Kier alpha value is -1.18. The second kappa shape index (κ2) is 26.2. The zero-order valence-corrected chi connectivity index (χ0v) is 29.2. The molecule has 7 heteroatoms. The first-order valence-corrected chi connectivity index (χ1v) is 17.9. The molecule has 0 aromatic carbocycles. The maximum atomic E-state index is 12.9. The lowest BCUT2D eigenvalue weighted by atomic mass is 10.0. The quantitative estimate of drug-likeness (QED) is 0.0480. The van der Waals surface area contributed by atoms with Gasteiger partial charge in [0.1, 0.15) is 6.61 Å². The molecule has 0 aliphatic rings. The highest BCUT2D eigenvalue weighted by molar-refractivity contribution is 5.71. The molecule has 0 radical (unpaired) electrons. The number of unbranched alkanes of at least 4 members (excludes halogenated alkanes) is 13. The number of ether oxygens (including phenoxy) is 3. The fourth-order valence-electron chi connectivity index (χ4n) is 5.74. The molecule has 0 fully saturated rings. The zero-order valence-electron chi connectivity index (χ0n) is 29.2. The molecule has 0 N–H and O–H groups in total. The summed E-state index contributed by atoms with van der Waals surface area (Å²) in [4.78, 5) is 25.6. The molecule has 0 saturated carbocycles. The lowest BCUT2D eigenvalue weighted by molar-refractivity contribution is -0.916. The minimum absolute atomic E-state index is 0.0465. The Labute approximate surface area is 261 Å². The average molecular weight is 601 g/mol. The van der Waals surface area contributed by atoms with E-state index in [1.807, 2.05) is 0 Å². The van der Waals surface area contributed by atoms with Gasteiger partial charge >= 0.3 is 11.9 Å². The number of likely N-dealkylation sites (N-methyl/N-ethyl adjacent to an activating group) is 2. The van der Waals surface area contributed by atoms with E-state index in [4.69, 9.17) is 14.2 Å². The molecule has 0 bridgehead atoms. The first kappa shape index (κ1) is 40.8. The van der Waals surface area contributed by atoms with Crippen molar-refractivity contribution in [2.45, 2.75) is 144 Å². The van der Waals surface area contributed by atoms with Gasteiger partial charge in [0.15, 0.2) is 19.2 Å². The highest BCUT2D eigenvalue weighted by atomic mass is 16.6. The van der Waals surface area contributed by atoms with Crippen LogP contribution in [0.5, 0.6) is 0 Å². The van der Waals surface area contributed by atoms with Gasteiger partial charge in [-0.15, -0.1) is 0 Å². The summed E-state index contributed by atoms with van der Waals surface area (Å²) >= 11 is 0. The van der Waals surface area contributed by atoms with Gasteiger partial charge in [-0.05, 0) is 48.0 Å². The largest absolute Gasteiger partial charge is 0.457 e. The van der Waals surface area contributed by atoms with Crippen molar-refractivity contribution in [3.05, 3.63) is 0 Å². The van der Waals surface area contributed by atoms with Crippen molar-refractivity contribution in [2.75, 3.05) is 72.2 Å². The maximum absolute atomic E-state index is 12.9. The van der Waals surface area contributed by atoms with Crippen LogP contribution in [0, 0.1) is 0 Å². The number of hydrogen-bond acceptors (Lipinski definition) is 5. The molecule has 0 spiro atoms. The van der Waals surface area contributed by atoms with Gasteiger partial charge in [-0.1, -0.05) is 90.4 Å². The topological polar surface area (TPSA) is 61.8 Å². The normalized spacial score (nSPS) is 12.8. The summed E-state index contributed by atoms with van der Waals surface area (Å²) < 4.78 is 18.8. The Morgan fingerprint density at radius 2 is 0.881 bits per heavy atom. The van der Waals surface area contributed by atoms with E-state index < -0.39 is 6.10 Å². The number of hydrogen-bond donors (Lipinski definition) is 0. The molecular weight excluding hydrogens is 528 g/mol. The van der Waals surface area contributed by atoms with Crippen LogP contribution in [0.4, 0.5) is 0 Å². The van der Waals surface area contributed by atoms with Crippen LogP contribution in [-0.2, 0) is 23.8 Å². The molecule has 1 unspecified atom stereocenters. The van der Waals surface area contributed by atoms with Gasteiger partial charge in [-0.2, -0.15) is 0 Å². The molecular formula is C35H72N2O5+2. The van der Waals surface area contributed by atoms with E-state index in [9.17, 15) is 9.59 Å². The highest BCUT2D eigenvalue weighted by Gasteiger charge is 2.29. The fourth-order valence-corrected chi connectivity index (χ4v) is 5.74. The van der Waals surface area contributed by atoms with Crippen molar-refractivity contribution in [3.8, 4) is 0 Å². The minimum atomic E-state index is -0.577. The predicted molar refractivity (Wildman–Crippen MR) is 175 cm³/mol. The van der Waals surface area contributed by atoms with Crippen molar-refractivity contribution in [3.63, 3.8) is 0 Å². The van der Waals surface area contributed by atoms with Gasteiger partial charge < -0.3 is 23.2 Å².